The van der Waals surface area contributed by atoms with Crippen LogP contribution in [0.4, 0.5) is 5.82 Å². The Bertz CT molecular complexity index is 1150. The number of carbonyl (C=O) groups is 1. The number of hydrogen-bond acceptors (Lipinski definition) is 9. The molecule has 0 atom stereocenters. The van der Waals surface area contributed by atoms with Crippen molar-refractivity contribution in [1.29, 1.82) is 0 Å². The lowest BCUT2D eigenvalue weighted by Gasteiger charge is -2.28. The van der Waals surface area contributed by atoms with Gasteiger partial charge in [-0.1, -0.05) is 0 Å². The Morgan fingerprint density at radius 2 is 1.83 bits per heavy atom. The van der Waals surface area contributed by atoms with E-state index in [2.05, 4.69) is 29.9 Å². The molecule has 3 aromatic heterocycles. The van der Waals surface area contributed by atoms with Crippen LogP contribution in [0.2, 0.25) is 0 Å². The maximum absolute atomic E-state index is 13.4. The van der Waals surface area contributed by atoms with Gasteiger partial charge >= 0.3 is 0 Å². The van der Waals surface area contributed by atoms with Crippen LogP contribution in [0.3, 0.4) is 0 Å². The van der Waals surface area contributed by atoms with E-state index >= 15 is 0 Å². The zero-order valence-corrected chi connectivity index (χ0v) is 20.4. The van der Waals surface area contributed by atoms with Gasteiger partial charge in [-0.25, -0.2) is 15.0 Å². The summed E-state index contributed by atoms with van der Waals surface area (Å²) in [5.74, 6) is 1.44. The van der Waals surface area contributed by atoms with Gasteiger partial charge in [0.15, 0.2) is 23.1 Å². The fraction of sp³-hybridized carbons (Fsp3) is 0.609. The smallest absolute Gasteiger partial charge is 0.289 e. The monoisotopic (exact) mass is 483 g/mol. The van der Waals surface area contributed by atoms with E-state index in [0.29, 0.717) is 62.2 Å². The summed E-state index contributed by atoms with van der Waals surface area (Å²) < 4.78 is 12.7. The predicted molar refractivity (Wildman–Crippen MR) is 130 cm³/mol. The van der Waals surface area contributed by atoms with Gasteiger partial charge in [-0.2, -0.15) is 5.10 Å². The molecule has 188 valence electrons. The van der Waals surface area contributed by atoms with E-state index in [1.807, 2.05) is 25.1 Å². The van der Waals surface area contributed by atoms with Crippen molar-refractivity contribution in [2.45, 2.75) is 13.3 Å². The van der Waals surface area contributed by atoms with Gasteiger partial charge in [-0.3, -0.25) is 14.4 Å². The normalized spacial score (nSPS) is 17.3. The number of imidazole rings is 1. The number of nitrogens with one attached hydrogen (secondary N) is 1. The van der Waals surface area contributed by atoms with Crippen LogP contribution in [-0.2, 0) is 16.5 Å². The van der Waals surface area contributed by atoms with E-state index in [4.69, 9.17) is 14.5 Å². The van der Waals surface area contributed by atoms with Gasteiger partial charge in [-0.15, -0.1) is 0 Å². The van der Waals surface area contributed by atoms with Crippen LogP contribution in [0.15, 0.2) is 12.4 Å². The van der Waals surface area contributed by atoms with Crippen molar-refractivity contribution in [3.05, 3.63) is 18.2 Å². The summed E-state index contributed by atoms with van der Waals surface area (Å²) >= 11 is 0. The zero-order valence-electron chi connectivity index (χ0n) is 20.4. The number of aromatic amines is 1. The summed E-state index contributed by atoms with van der Waals surface area (Å²) in [6, 6.07) is 0. The first-order chi connectivity index (χ1) is 17.1. The highest BCUT2D eigenvalue weighted by molar-refractivity contribution is 5.96. The van der Waals surface area contributed by atoms with Crippen LogP contribution < -0.4 is 4.90 Å². The van der Waals surface area contributed by atoms with Crippen molar-refractivity contribution in [1.82, 2.24) is 39.5 Å². The number of anilines is 1. The van der Waals surface area contributed by atoms with Crippen LogP contribution in [-0.4, -0.2) is 118 Å². The van der Waals surface area contributed by atoms with Crippen LogP contribution >= 0.6 is 0 Å². The number of nitrogens with zero attached hydrogens (tertiary/aromatic N) is 8. The number of H-pyrrole nitrogens is 1. The number of fused-ring (bicyclic) bond motifs is 1. The molecule has 1 amide bonds. The lowest BCUT2D eigenvalue weighted by molar-refractivity contribution is 0.0357. The quantitative estimate of drug-likeness (QED) is 0.496. The van der Waals surface area contributed by atoms with Gasteiger partial charge in [0.2, 0.25) is 0 Å². The average Bonchev–Trinajstić information content (AvgIpc) is 3.53. The maximum Gasteiger partial charge on any atom is 0.289 e. The third-order valence-electron chi connectivity index (χ3n) is 6.48. The molecule has 2 saturated heterocycles. The Hall–Kier alpha value is -3.09. The van der Waals surface area contributed by atoms with Crippen LogP contribution in [0.1, 0.15) is 24.0 Å². The highest BCUT2D eigenvalue weighted by Gasteiger charge is 2.24. The van der Waals surface area contributed by atoms with Crippen LogP contribution in [0.25, 0.3) is 22.6 Å². The summed E-state index contributed by atoms with van der Waals surface area (Å²) in [6.45, 7) is 10.4. The van der Waals surface area contributed by atoms with Gasteiger partial charge in [0, 0.05) is 59.1 Å². The Labute approximate surface area is 204 Å². The number of rotatable bonds is 8. The van der Waals surface area contributed by atoms with E-state index in [1.54, 1.807) is 10.9 Å². The summed E-state index contributed by atoms with van der Waals surface area (Å²) in [6.07, 6.45) is 4.51. The topological polar surface area (TPSA) is 118 Å². The minimum Gasteiger partial charge on any atom is -0.379 e. The van der Waals surface area contributed by atoms with Crippen molar-refractivity contribution in [2.24, 2.45) is 7.05 Å². The number of carbonyl (C=O) groups excluding carboxylic acids is 1. The molecular formula is C23H33N9O3. The molecule has 0 aliphatic carbocycles. The molecule has 5 heterocycles. The molecule has 0 bridgehead atoms. The molecule has 2 aliphatic heterocycles. The van der Waals surface area contributed by atoms with Crippen molar-refractivity contribution < 1.29 is 14.3 Å². The first-order valence-corrected chi connectivity index (χ1v) is 12.3. The standard InChI is InChI=1S/C23H33N9O3/c1-3-31(6-4-5-30-7-11-34-12-8-30)23(33)21-25-18-20(27-21)26-19(17-15-24-29(2)16-17)28-22(18)32-9-13-35-14-10-32/h15-16H,3-14H2,1-2H3,(H,25,26,27,28). The molecule has 0 spiro atoms. The van der Waals surface area contributed by atoms with Gasteiger partial charge in [-0.05, 0) is 13.3 Å². The summed E-state index contributed by atoms with van der Waals surface area (Å²) in [4.78, 5) is 37.1. The molecule has 35 heavy (non-hydrogen) atoms. The summed E-state index contributed by atoms with van der Waals surface area (Å²) in [7, 11) is 1.86. The fourth-order valence-corrected chi connectivity index (χ4v) is 4.52. The zero-order chi connectivity index (χ0) is 24.2. The number of aryl methyl sites for hydroxylation is 1. The second kappa shape index (κ2) is 10.7. The van der Waals surface area contributed by atoms with Gasteiger partial charge in [0.25, 0.3) is 5.91 Å². The lowest BCUT2D eigenvalue weighted by atomic mass is 10.3. The summed E-state index contributed by atoms with van der Waals surface area (Å²) in [5.41, 5.74) is 1.96. The fourth-order valence-electron chi connectivity index (χ4n) is 4.52. The first kappa shape index (κ1) is 23.6. The van der Waals surface area contributed by atoms with Crippen molar-refractivity contribution in [2.75, 3.05) is 77.1 Å². The second-order valence-electron chi connectivity index (χ2n) is 8.85. The highest BCUT2D eigenvalue weighted by Crippen LogP contribution is 2.27. The van der Waals surface area contributed by atoms with Crippen LogP contribution in [0.5, 0.6) is 0 Å². The maximum atomic E-state index is 13.4. The number of ether oxygens (including phenoxy) is 2. The third kappa shape index (κ3) is 5.29. The number of morpholine rings is 2. The number of amides is 1. The van der Waals surface area contributed by atoms with Gasteiger partial charge in [0.1, 0.15) is 5.52 Å². The molecule has 0 radical (unpaired) electrons. The number of hydrogen-bond donors (Lipinski definition) is 1. The van der Waals surface area contributed by atoms with Crippen LogP contribution in [0, 0.1) is 0 Å². The highest BCUT2D eigenvalue weighted by atomic mass is 16.5. The number of aromatic nitrogens is 6. The van der Waals surface area contributed by atoms with E-state index in [9.17, 15) is 4.79 Å². The molecule has 0 aromatic carbocycles. The van der Waals surface area contributed by atoms with E-state index in [-0.39, 0.29) is 5.91 Å². The molecule has 2 fully saturated rings. The molecule has 12 heteroatoms. The molecule has 0 saturated carbocycles. The molecule has 0 unspecified atom stereocenters. The Morgan fingerprint density at radius 1 is 1.09 bits per heavy atom. The molecule has 5 rings (SSSR count). The molecule has 1 N–H and O–H groups in total. The van der Waals surface area contributed by atoms with Crippen molar-refractivity contribution >= 4 is 22.9 Å². The lowest BCUT2D eigenvalue weighted by Crippen LogP contribution is -2.39. The third-order valence-corrected chi connectivity index (χ3v) is 6.48. The first-order valence-electron chi connectivity index (χ1n) is 12.3. The minimum atomic E-state index is -0.122. The Kier molecular flexibility index (Phi) is 7.21. The van der Waals surface area contributed by atoms with Gasteiger partial charge in [0.05, 0.1) is 38.2 Å². The SMILES string of the molecule is CCN(CCCN1CCOCC1)C(=O)c1nc2nc(-c3cnn(C)c3)nc(N3CCOCC3)c2[nH]1. The van der Waals surface area contributed by atoms with E-state index in [0.717, 1.165) is 50.7 Å². The van der Waals surface area contributed by atoms with E-state index in [1.165, 1.54) is 0 Å². The predicted octanol–water partition coefficient (Wildman–Crippen LogP) is 0.774. The Balaban J connectivity index is 1.39. The molecule has 2 aliphatic rings. The summed E-state index contributed by atoms with van der Waals surface area (Å²) in [5, 5.41) is 4.25. The van der Waals surface area contributed by atoms with Crippen molar-refractivity contribution in [3.8, 4) is 11.4 Å². The second-order valence-corrected chi connectivity index (χ2v) is 8.85. The average molecular weight is 484 g/mol. The van der Waals surface area contributed by atoms with Crippen molar-refractivity contribution in [3.63, 3.8) is 0 Å². The molecule has 3 aromatic rings. The molecular weight excluding hydrogens is 450 g/mol. The molecule has 12 nitrogen and oxygen atoms in total. The van der Waals surface area contributed by atoms with E-state index < -0.39 is 0 Å². The minimum absolute atomic E-state index is 0.122. The Morgan fingerprint density at radius 3 is 2.51 bits per heavy atom. The largest absolute Gasteiger partial charge is 0.379 e. The van der Waals surface area contributed by atoms with Gasteiger partial charge < -0.3 is 24.3 Å².